The van der Waals surface area contributed by atoms with Gasteiger partial charge in [-0.3, -0.25) is 14.6 Å². The fourth-order valence-electron chi connectivity index (χ4n) is 3.78. The highest BCUT2D eigenvalue weighted by molar-refractivity contribution is 6.30. The summed E-state index contributed by atoms with van der Waals surface area (Å²) in [6.07, 6.45) is 0.371. The lowest BCUT2D eigenvalue weighted by molar-refractivity contribution is -0.132. The molecule has 0 aliphatic carbocycles. The van der Waals surface area contributed by atoms with Gasteiger partial charge in [0.25, 0.3) is 5.56 Å². The predicted octanol–water partition coefficient (Wildman–Crippen LogP) is 2.98. The van der Waals surface area contributed by atoms with Gasteiger partial charge in [0.15, 0.2) is 0 Å². The molecule has 0 spiro atoms. The van der Waals surface area contributed by atoms with E-state index in [0.29, 0.717) is 10.8 Å². The third kappa shape index (κ3) is 4.14. The van der Waals surface area contributed by atoms with Crippen molar-refractivity contribution in [2.45, 2.75) is 25.8 Å². The van der Waals surface area contributed by atoms with E-state index in [1.54, 1.807) is 44.4 Å². The third-order valence-electron chi connectivity index (χ3n) is 5.41. The van der Waals surface area contributed by atoms with Gasteiger partial charge < -0.3 is 9.84 Å². The van der Waals surface area contributed by atoms with E-state index in [9.17, 15) is 19.5 Å². The second kappa shape index (κ2) is 8.95. The van der Waals surface area contributed by atoms with Crippen LogP contribution in [0.1, 0.15) is 36.9 Å². The number of nitrogens with one attached hydrogen (secondary N) is 1. The van der Waals surface area contributed by atoms with Gasteiger partial charge in [0, 0.05) is 17.9 Å². The SMILES string of the molecule is CCC(=O)N1N=C(c2c(O)n(-c3cccc(Cl)c3)c(=O)[nH]c2=O)C[C@@H]1c1ccc(OC)cc1. The fraction of sp³-hybridized carbons (Fsp3) is 0.217. The molecular weight excluding hydrogens is 448 g/mol. The Morgan fingerprint density at radius 2 is 1.97 bits per heavy atom. The van der Waals surface area contributed by atoms with E-state index in [2.05, 4.69) is 10.1 Å². The first-order valence-corrected chi connectivity index (χ1v) is 10.6. The number of aromatic amines is 1. The number of ether oxygens (including phenoxy) is 1. The van der Waals surface area contributed by atoms with Gasteiger partial charge in [0.05, 0.1) is 24.6 Å². The molecular formula is C23H21ClN4O5. The lowest BCUT2D eigenvalue weighted by Crippen LogP contribution is -2.33. The number of nitrogens with zero attached hydrogens (tertiary/aromatic N) is 3. The van der Waals surface area contributed by atoms with Crippen LogP contribution < -0.4 is 16.0 Å². The van der Waals surface area contributed by atoms with E-state index in [-0.39, 0.29) is 35.7 Å². The highest BCUT2D eigenvalue weighted by atomic mass is 35.5. The van der Waals surface area contributed by atoms with Crippen LogP contribution >= 0.6 is 11.6 Å². The minimum atomic E-state index is -0.824. The van der Waals surface area contributed by atoms with Gasteiger partial charge in [0.1, 0.15) is 11.3 Å². The van der Waals surface area contributed by atoms with Crippen LogP contribution in [0.25, 0.3) is 5.69 Å². The molecule has 4 rings (SSSR count). The predicted molar refractivity (Wildman–Crippen MR) is 123 cm³/mol. The van der Waals surface area contributed by atoms with Crippen molar-refractivity contribution in [2.75, 3.05) is 7.11 Å². The molecule has 0 bridgehead atoms. The Morgan fingerprint density at radius 1 is 1.24 bits per heavy atom. The first-order chi connectivity index (χ1) is 15.8. The number of carbonyl (C=O) groups excluding carboxylic acids is 1. The molecule has 2 heterocycles. The number of hydrogen-bond donors (Lipinski definition) is 2. The Morgan fingerprint density at radius 3 is 2.61 bits per heavy atom. The number of hydrazone groups is 1. The number of methoxy groups -OCH3 is 1. The summed E-state index contributed by atoms with van der Waals surface area (Å²) in [4.78, 5) is 40.1. The molecule has 10 heteroatoms. The van der Waals surface area contributed by atoms with Crippen molar-refractivity contribution in [1.82, 2.24) is 14.6 Å². The van der Waals surface area contributed by atoms with Crippen LogP contribution in [-0.4, -0.2) is 38.4 Å². The summed E-state index contributed by atoms with van der Waals surface area (Å²) in [5.41, 5.74) is -0.555. The molecule has 170 valence electrons. The van der Waals surface area contributed by atoms with E-state index in [0.717, 1.165) is 10.1 Å². The van der Waals surface area contributed by atoms with Gasteiger partial charge in [-0.25, -0.2) is 14.4 Å². The van der Waals surface area contributed by atoms with Crippen molar-refractivity contribution < 1.29 is 14.6 Å². The van der Waals surface area contributed by atoms with Crippen LogP contribution in [0, 0.1) is 0 Å². The molecule has 1 aliphatic heterocycles. The molecule has 1 atom stereocenters. The van der Waals surface area contributed by atoms with Crippen LogP contribution in [0.15, 0.2) is 63.2 Å². The molecule has 9 nitrogen and oxygen atoms in total. The lowest BCUT2D eigenvalue weighted by Gasteiger charge is -2.21. The first kappa shape index (κ1) is 22.3. The molecule has 33 heavy (non-hydrogen) atoms. The number of halogens is 1. The van der Waals surface area contributed by atoms with E-state index >= 15 is 0 Å². The molecule has 0 unspecified atom stereocenters. The number of benzene rings is 2. The number of hydrogen-bond acceptors (Lipinski definition) is 6. The summed E-state index contributed by atoms with van der Waals surface area (Å²) in [5, 5.41) is 17.0. The average molecular weight is 469 g/mol. The molecule has 0 radical (unpaired) electrons. The zero-order valence-electron chi connectivity index (χ0n) is 17.9. The van der Waals surface area contributed by atoms with Crippen molar-refractivity contribution in [3.8, 4) is 17.3 Å². The molecule has 1 aliphatic rings. The van der Waals surface area contributed by atoms with Gasteiger partial charge in [0.2, 0.25) is 11.8 Å². The van der Waals surface area contributed by atoms with E-state index in [4.69, 9.17) is 16.3 Å². The Bertz CT molecular complexity index is 1360. The number of amides is 1. The molecule has 0 fully saturated rings. The fourth-order valence-corrected chi connectivity index (χ4v) is 3.96. The maximum atomic E-state index is 12.7. The summed E-state index contributed by atoms with van der Waals surface area (Å²) in [7, 11) is 1.56. The summed E-state index contributed by atoms with van der Waals surface area (Å²) in [6.45, 7) is 1.71. The second-order valence-corrected chi connectivity index (χ2v) is 7.84. The largest absolute Gasteiger partial charge is 0.497 e. The summed E-state index contributed by atoms with van der Waals surface area (Å²) in [6, 6.07) is 13.0. The molecule has 2 aromatic carbocycles. The van der Waals surface area contributed by atoms with Crippen LogP contribution in [0.4, 0.5) is 0 Å². The molecule has 3 aromatic rings. The van der Waals surface area contributed by atoms with Crippen LogP contribution in [-0.2, 0) is 4.79 Å². The van der Waals surface area contributed by atoms with Crippen molar-refractivity contribution in [3.05, 3.63) is 85.5 Å². The standard InChI is InChI=1S/C23H21ClN4O5/c1-3-19(29)28-18(13-7-9-16(33-2)10-8-13)12-17(26-28)20-21(30)25-23(32)27(22(20)31)15-6-4-5-14(24)11-15/h4-11,18,31H,3,12H2,1-2H3,(H,25,30,32)/t18-/m1/s1. The van der Waals surface area contributed by atoms with Gasteiger partial charge in [-0.1, -0.05) is 36.7 Å². The summed E-state index contributed by atoms with van der Waals surface area (Å²) >= 11 is 6.03. The lowest BCUT2D eigenvalue weighted by atomic mass is 9.99. The van der Waals surface area contributed by atoms with E-state index in [1.165, 1.54) is 11.1 Å². The van der Waals surface area contributed by atoms with Crippen molar-refractivity contribution >= 4 is 23.2 Å². The minimum absolute atomic E-state index is 0.169. The van der Waals surface area contributed by atoms with Crippen LogP contribution in [0.3, 0.4) is 0 Å². The Labute approximate surface area is 193 Å². The normalized spacial score (nSPS) is 15.4. The number of aromatic nitrogens is 2. The molecule has 1 aromatic heterocycles. The summed E-state index contributed by atoms with van der Waals surface area (Å²) in [5.74, 6) is -0.164. The first-order valence-electron chi connectivity index (χ1n) is 10.2. The van der Waals surface area contributed by atoms with E-state index in [1.807, 2.05) is 12.1 Å². The van der Waals surface area contributed by atoms with E-state index < -0.39 is 23.2 Å². The summed E-state index contributed by atoms with van der Waals surface area (Å²) < 4.78 is 6.14. The second-order valence-electron chi connectivity index (χ2n) is 7.40. The molecule has 2 N–H and O–H groups in total. The van der Waals surface area contributed by atoms with Crippen LogP contribution in [0.5, 0.6) is 11.6 Å². The molecule has 0 saturated carbocycles. The zero-order valence-corrected chi connectivity index (χ0v) is 18.7. The van der Waals surface area contributed by atoms with Gasteiger partial charge >= 0.3 is 5.69 Å². The Hall–Kier alpha value is -3.85. The number of aromatic hydroxyl groups is 1. The quantitative estimate of drug-likeness (QED) is 0.597. The average Bonchev–Trinajstić information content (AvgIpc) is 3.23. The monoisotopic (exact) mass is 468 g/mol. The van der Waals surface area contributed by atoms with Crippen molar-refractivity contribution in [2.24, 2.45) is 5.10 Å². The van der Waals surface area contributed by atoms with Gasteiger partial charge in [-0.15, -0.1) is 0 Å². The number of carbonyl (C=O) groups is 1. The maximum Gasteiger partial charge on any atom is 0.335 e. The van der Waals surface area contributed by atoms with Gasteiger partial charge in [-0.05, 0) is 35.9 Å². The number of H-pyrrole nitrogens is 1. The van der Waals surface area contributed by atoms with Crippen molar-refractivity contribution in [3.63, 3.8) is 0 Å². The zero-order chi connectivity index (χ0) is 23.7. The molecule has 1 amide bonds. The Balaban J connectivity index is 1.82. The topological polar surface area (TPSA) is 117 Å². The molecule has 0 saturated heterocycles. The van der Waals surface area contributed by atoms with Crippen molar-refractivity contribution in [1.29, 1.82) is 0 Å². The number of rotatable bonds is 5. The smallest absolute Gasteiger partial charge is 0.335 e. The third-order valence-corrected chi connectivity index (χ3v) is 5.65. The highest BCUT2D eigenvalue weighted by Gasteiger charge is 2.35. The maximum absolute atomic E-state index is 12.7. The van der Waals surface area contributed by atoms with Crippen LogP contribution in [0.2, 0.25) is 5.02 Å². The minimum Gasteiger partial charge on any atom is -0.497 e. The highest BCUT2D eigenvalue weighted by Crippen LogP contribution is 2.35. The Kier molecular flexibility index (Phi) is 6.06. The van der Waals surface area contributed by atoms with Gasteiger partial charge in [-0.2, -0.15) is 5.10 Å².